The molecule has 0 bridgehead atoms. The summed E-state index contributed by atoms with van der Waals surface area (Å²) >= 11 is 3.25. The van der Waals surface area contributed by atoms with Gasteiger partial charge in [0.2, 0.25) is 5.91 Å². The average molecular weight is 219 g/mol. The van der Waals surface area contributed by atoms with Crippen molar-refractivity contribution in [3.63, 3.8) is 0 Å². The molecule has 1 aliphatic rings. The quantitative estimate of drug-likeness (QED) is 0.510. The summed E-state index contributed by atoms with van der Waals surface area (Å²) in [5, 5.41) is 4.18. The number of carbonyl (C=O) groups is 2. The molecule has 0 N–H and O–H groups in total. The number of hydrogen-bond donors (Lipinski definition) is 0. The van der Waals surface area contributed by atoms with Gasteiger partial charge >= 0.3 is 0 Å². The first-order chi connectivity index (χ1) is 5.24. The number of imide groups is 1. The highest BCUT2D eigenvalue weighted by atomic mass is 79.9. The van der Waals surface area contributed by atoms with Gasteiger partial charge in [0.05, 0.1) is 0 Å². The minimum atomic E-state index is -0.263. The molecule has 1 aliphatic heterocycles. The van der Waals surface area contributed by atoms with Crippen molar-refractivity contribution in [1.82, 2.24) is 5.32 Å². The molecule has 1 rings (SSSR count). The summed E-state index contributed by atoms with van der Waals surface area (Å²) in [7, 11) is 0. The van der Waals surface area contributed by atoms with E-state index in [0.717, 1.165) is 11.8 Å². The van der Waals surface area contributed by atoms with Crippen LogP contribution in [-0.2, 0) is 9.59 Å². The maximum absolute atomic E-state index is 11.0. The lowest BCUT2D eigenvalue weighted by molar-refractivity contribution is -0.136. The Bertz CT molecular complexity index is 181. The Morgan fingerprint density at radius 3 is 2.82 bits per heavy atom. The lowest BCUT2D eigenvalue weighted by atomic mass is 9.96. The van der Waals surface area contributed by atoms with Crippen molar-refractivity contribution >= 4 is 27.7 Å². The van der Waals surface area contributed by atoms with Crippen LogP contribution >= 0.6 is 15.9 Å². The van der Waals surface area contributed by atoms with Gasteiger partial charge in [-0.05, 0) is 12.8 Å². The van der Waals surface area contributed by atoms with Crippen molar-refractivity contribution in [2.45, 2.75) is 19.3 Å². The summed E-state index contributed by atoms with van der Waals surface area (Å²) < 4.78 is 0. The fraction of sp³-hybridized carbons (Fsp3) is 0.714. The predicted octanol–water partition coefficient (Wildman–Crippen LogP) is 0.839. The van der Waals surface area contributed by atoms with E-state index in [1.807, 2.05) is 0 Å². The molecule has 0 aliphatic carbocycles. The van der Waals surface area contributed by atoms with Crippen LogP contribution in [0.4, 0.5) is 0 Å². The predicted molar refractivity (Wildman–Crippen MR) is 43.3 cm³/mol. The largest absolute Gasteiger partial charge is 0.273 e. The SMILES string of the molecule is O=C1CCC(CCBr)C(=O)[N]1. The van der Waals surface area contributed by atoms with E-state index in [4.69, 9.17) is 0 Å². The molecule has 2 amide bonds. The van der Waals surface area contributed by atoms with Gasteiger partial charge in [-0.25, -0.2) is 0 Å². The number of carbonyl (C=O) groups excluding carboxylic acids is 2. The molecule has 0 aromatic carbocycles. The molecular weight excluding hydrogens is 210 g/mol. The highest BCUT2D eigenvalue weighted by Crippen LogP contribution is 2.17. The van der Waals surface area contributed by atoms with Crippen molar-refractivity contribution in [3.05, 3.63) is 0 Å². The molecule has 1 radical (unpaired) electrons. The Kier molecular flexibility index (Phi) is 3.05. The lowest BCUT2D eigenvalue weighted by Gasteiger charge is -2.17. The molecule has 3 nitrogen and oxygen atoms in total. The molecule has 4 heteroatoms. The smallest absolute Gasteiger partial charge is 0.251 e. The van der Waals surface area contributed by atoms with Crippen LogP contribution < -0.4 is 5.32 Å². The van der Waals surface area contributed by atoms with Crippen LogP contribution in [0.3, 0.4) is 0 Å². The third-order valence-electron chi connectivity index (χ3n) is 1.75. The fourth-order valence-electron chi connectivity index (χ4n) is 1.09. The van der Waals surface area contributed by atoms with Crippen molar-refractivity contribution in [1.29, 1.82) is 0 Å². The van der Waals surface area contributed by atoms with Crippen LogP contribution in [0.5, 0.6) is 0 Å². The minimum absolute atomic E-state index is 0.0212. The maximum Gasteiger partial charge on any atom is 0.251 e. The van der Waals surface area contributed by atoms with Gasteiger partial charge in [-0.2, -0.15) is 5.32 Å². The van der Waals surface area contributed by atoms with Crippen LogP contribution in [0, 0.1) is 5.92 Å². The second kappa shape index (κ2) is 3.85. The lowest BCUT2D eigenvalue weighted by Crippen LogP contribution is -2.35. The van der Waals surface area contributed by atoms with Gasteiger partial charge in [0.1, 0.15) is 0 Å². The first-order valence-electron chi connectivity index (χ1n) is 3.58. The molecule has 1 unspecified atom stereocenters. The second-order valence-electron chi connectivity index (χ2n) is 2.56. The summed E-state index contributed by atoms with van der Waals surface area (Å²) in [6, 6.07) is 0. The Morgan fingerprint density at radius 1 is 1.55 bits per heavy atom. The molecule has 1 fully saturated rings. The van der Waals surface area contributed by atoms with Gasteiger partial charge in [-0.1, -0.05) is 15.9 Å². The number of hydrogen-bond acceptors (Lipinski definition) is 2. The van der Waals surface area contributed by atoms with Gasteiger partial charge in [0.25, 0.3) is 5.91 Å². The van der Waals surface area contributed by atoms with E-state index in [0.29, 0.717) is 12.8 Å². The molecule has 0 spiro atoms. The zero-order valence-corrected chi connectivity index (χ0v) is 7.63. The molecule has 1 heterocycles. The zero-order chi connectivity index (χ0) is 8.27. The Morgan fingerprint density at radius 2 is 2.27 bits per heavy atom. The average Bonchev–Trinajstić information content (AvgIpc) is 1.95. The van der Waals surface area contributed by atoms with Crippen LogP contribution in [0.25, 0.3) is 0 Å². The summed E-state index contributed by atoms with van der Waals surface area (Å²) in [5.74, 6) is -0.520. The zero-order valence-electron chi connectivity index (χ0n) is 6.05. The van der Waals surface area contributed by atoms with E-state index in [1.54, 1.807) is 0 Å². The number of alkyl halides is 1. The van der Waals surface area contributed by atoms with E-state index >= 15 is 0 Å². The normalized spacial score (nSPS) is 25.0. The van der Waals surface area contributed by atoms with Gasteiger partial charge in [-0.15, -0.1) is 0 Å². The van der Waals surface area contributed by atoms with Crippen molar-refractivity contribution < 1.29 is 9.59 Å². The summed E-state index contributed by atoms with van der Waals surface area (Å²) in [6.45, 7) is 0. The minimum Gasteiger partial charge on any atom is -0.273 e. The first kappa shape index (κ1) is 8.71. The van der Waals surface area contributed by atoms with Crippen LogP contribution in [0.2, 0.25) is 0 Å². The second-order valence-corrected chi connectivity index (χ2v) is 3.35. The van der Waals surface area contributed by atoms with Crippen LogP contribution in [-0.4, -0.2) is 17.1 Å². The molecule has 1 saturated heterocycles. The number of piperidine rings is 1. The van der Waals surface area contributed by atoms with E-state index in [2.05, 4.69) is 21.2 Å². The highest BCUT2D eigenvalue weighted by molar-refractivity contribution is 9.09. The van der Waals surface area contributed by atoms with Crippen molar-refractivity contribution in [2.24, 2.45) is 5.92 Å². The molecule has 0 aromatic rings. The maximum atomic E-state index is 11.0. The molecule has 0 saturated carbocycles. The Labute approximate surface area is 73.7 Å². The first-order valence-corrected chi connectivity index (χ1v) is 4.70. The molecule has 11 heavy (non-hydrogen) atoms. The summed E-state index contributed by atoms with van der Waals surface area (Å²) in [5.41, 5.74) is 0. The standard InChI is InChI=1S/C7H9BrNO2/c8-4-3-5-1-2-6(10)9-7(5)11/h5H,1-4H2. The monoisotopic (exact) mass is 218 g/mol. The van der Waals surface area contributed by atoms with Crippen LogP contribution in [0.15, 0.2) is 0 Å². The molecule has 61 valence electrons. The summed E-state index contributed by atoms with van der Waals surface area (Å²) in [6.07, 6.45) is 1.89. The number of rotatable bonds is 2. The van der Waals surface area contributed by atoms with Crippen molar-refractivity contribution in [3.8, 4) is 0 Å². The molecule has 0 aromatic heterocycles. The molecular formula is C7H9BrNO2. The number of nitrogens with zero attached hydrogens (tertiary/aromatic N) is 1. The van der Waals surface area contributed by atoms with E-state index < -0.39 is 0 Å². The fourth-order valence-corrected chi connectivity index (χ4v) is 1.64. The third-order valence-corrected chi connectivity index (χ3v) is 2.21. The number of amides is 2. The van der Waals surface area contributed by atoms with Gasteiger partial charge in [-0.3, -0.25) is 9.59 Å². The van der Waals surface area contributed by atoms with Crippen molar-refractivity contribution in [2.75, 3.05) is 5.33 Å². The van der Waals surface area contributed by atoms with E-state index in [-0.39, 0.29) is 17.7 Å². The highest BCUT2D eigenvalue weighted by Gasteiger charge is 2.27. The van der Waals surface area contributed by atoms with E-state index in [9.17, 15) is 9.59 Å². The Balaban J connectivity index is 2.44. The summed E-state index contributed by atoms with van der Waals surface area (Å²) in [4.78, 5) is 21.6. The Hall–Kier alpha value is -0.380. The topological polar surface area (TPSA) is 48.2 Å². The number of halogens is 1. The van der Waals surface area contributed by atoms with Gasteiger partial charge in [0.15, 0.2) is 0 Å². The van der Waals surface area contributed by atoms with Gasteiger partial charge in [0, 0.05) is 17.7 Å². The molecule has 1 atom stereocenters. The van der Waals surface area contributed by atoms with Gasteiger partial charge < -0.3 is 0 Å². The third kappa shape index (κ3) is 2.29. The van der Waals surface area contributed by atoms with Crippen LogP contribution in [0.1, 0.15) is 19.3 Å². The van der Waals surface area contributed by atoms with E-state index in [1.165, 1.54) is 0 Å².